The average Bonchev–Trinajstić information content (AvgIpc) is 2.46. The largest absolute Gasteiger partial charge is 0.502 e. The molecule has 20 heavy (non-hydrogen) atoms. The standard InChI is InChI=1S/C17H28O3/c1-2-18-10-13-3-5-14(6-4-13)11-19-12-15-7-8-16-9-17(15)20-16/h2,13-17H,1,3-12H2. The molecule has 2 bridgehead atoms. The monoisotopic (exact) mass is 280 g/mol. The van der Waals surface area contributed by atoms with Gasteiger partial charge in [0.25, 0.3) is 0 Å². The van der Waals surface area contributed by atoms with Crippen LogP contribution in [0.15, 0.2) is 12.8 Å². The smallest absolute Gasteiger partial charge is 0.0901 e. The predicted molar refractivity (Wildman–Crippen MR) is 78.4 cm³/mol. The summed E-state index contributed by atoms with van der Waals surface area (Å²) in [6.45, 7) is 6.31. The van der Waals surface area contributed by atoms with Gasteiger partial charge in [-0.25, -0.2) is 0 Å². The summed E-state index contributed by atoms with van der Waals surface area (Å²) in [5.41, 5.74) is 0. The van der Waals surface area contributed by atoms with E-state index in [1.807, 2.05) is 0 Å². The fraction of sp³-hybridized carbons (Fsp3) is 0.882. The fourth-order valence-corrected chi connectivity index (χ4v) is 3.92. The van der Waals surface area contributed by atoms with E-state index in [0.29, 0.717) is 18.1 Å². The number of hydrogen-bond acceptors (Lipinski definition) is 3. The zero-order valence-electron chi connectivity index (χ0n) is 12.5. The Morgan fingerprint density at radius 1 is 0.950 bits per heavy atom. The van der Waals surface area contributed by atoms with E-state index >= 15 is 0 Å². The summed E-state index contributed by atoms with van der Waals surface area (Å²) >= 11 is 0. The van der Waals surface area contributed by atoms with Crippen molar-refractivity contribution in [3.8, 4) is 0 Å². The number of fused-ring (bicyclic) bond motifs is 2. The zero-order chi connectivity index (χ0) is 13.8. The highest BCUT2D eigenvalue weighted by atomic mass is 16.5. The Kier molecular flexibility index (Phi) is 5.00. The molecule has 2 aliphatic carbocycles. The summed E-state index contributed by atoms with van der Waals surface area (Å²) in [4.78, 5) is 0. The van der Waals surface area contributed by atoms with Crippen molar-refractivity contribution in [2.24, 2.45) is 17.8 Å². The van der Waals surface area contributed by atoms with E-state index in [0.717, 1.165) is 31.7 Å². The Bertz CT molecular complexity index is 301. The normalized spacial score (nSPS) is 39.9. The Morgan fingerprint density at radius 3 is 2.25 bits per heavy atom. The summed E-state index contributed by atoms with van der Waals surface area (Å²) in [6.07, 6.45) is 11.6. The molecule has 0 aromatic rings. The van der Waals surface area contributed by atoms with Crippen molar-refractivity contribution in [2.75, 3.05) is 19.8 Å². The van der Waals surface area contributed by atoms with Gasteiger partial charge in [-0.15, -0.1) is 0 Å². The lowest BCUT2D eigenvalue weighted by Gasteiger charge is -2.46. The van der Waals surface area contributed by atoms with E-state index in [1.165, 1.54) is 44.9 Å². The van der Waals surface area contributed by atoms with Crippen LogP contribution in [0.3, 0.4) is 0 Å². The van der Waals surface area contributed by atoms with Gasteiger partial charge in [0.15, 0.2) is 0 Å². The van der Waals surface area contributed by atoms with Gasteiger partial charge in [0.2, 0.25) is 0 Å². The second-order valence-electron chi connectivity index (χ2n) is 6.79. The number of rotatable bonds is 7. The summed E-state index contributed by atoms with van der Waals surface area (Å²) < 4.78 is 17.1. The molecule has 0 spiro atoms. The lowest BCUT2D eigenvalue weighted by Crippen LogP contribution is -2.49. The lowest BCUT2D eigenvalue weighted by molar-refractivity contribution is -0.196. The molecule has 2 saturated carbocycles. The van der Waals surface area contributed by atoms with Crippen molar-refractivity contribution < 1.29 is 14.2 Å². The highest BCUT2D eigenvalue weighted by Crippen LogP contribution is 2.39. The third-order valence-corrected chi connectivity index (χ3v) is 5.35. The van der Waals surface area contributed by atoms with Crippen LogP contribution in [0.4, 0.5) is 0 Å². The molecule has 0 amide bonds. The summed E-state index contributed by atoms with van der Waals surface area (Å²) in [5.74, 6) is 2.15. The van der Waals surface area contributed by atoms with Gasteiger partial charge in [0.1, 0.15) is 0 Å². The number of ether oxygens (including phenoxy) is 3. The van der Waals surface area contributed by atoms with Crippen LogP contribution in [0.25, 0.3) is 0 Å². The first-order valence-electron chi connectivity index (χ1n) is 8.31. The predicted octanol–water partition coefficient (Wildman–Crippen LogP) is 3.54. The molecule has 3 nitrogen and oxygen atoms in total. The van der Waals surface area contributed by atoms with E-state index in [-0.39, 0.29) is 0 Å². The van der Waals surface area contributed by atoms with Gasteiger partial charge in [0, 0.05) is 18.9 Å². The molecule has 4 fully saturated rings. The third kappa shape index (κ3) is 3.56. The number of hydrogen-bond donors (Lipinski definition) is 0. The van der Waals surface area contributed by atoms with Crippen molar-refractivity contribution >= 4 is 0 Å². The minimum atomic E-state index is 0.514. The molecule has 2 heterocycles. The molecular weight excluding hydrogens is 252 g/mol. The van der Waals surface area contributed by atoms with Crippen LogP contribution in [0.5, 0.6) is 0 Å². The van der Waals surface area contributed by atoms with Crippen LogP contribution in [0.1, 0.15) is 44.9 Å². The molecule has 4 rings (SSSR count). The molecule has 114 valence electrons. The van der Waals surface area contributed by atoms with Gasteiger partial charge in [-0.05, 0) is 50.4 Å². The molecule has 3 atom stereocenters. The minimum absolute atomic E-state index is 0.514. The van der Waals surface area contributed by atoms with Crippen molar-refractivity contribution in [1.82, 2.24) is 0 Å². The van der Waals surface area contributed by atoms with E-state index in [1.54, 1.807) is 6.26 Å². The van der Waals surface area contributed by atoms with Crippen molar-refractivity contribution in [2.45, 2.75) is 57.2 Å². The molecule has 3 unspecified atom stereocenters. The minimum Gasteiger partial charge on any atom is -0.502 e. The molecule has 2 saturated heterocycles. The third-order valence-electron chi connectivity index (χ3n) is 5.35. The maximum Gasteiger partial charge on any atom is 0.0901 e. The van der Waals surface area contributed by atoms with Gasteiger partial charge in [-0.1, -0.05) is 6.58 Å². The maximum absolute atomic E-state index is 6.00. The molecule has 0 radical (unpaired) electrons. The summed E-state index contributed by atoms with van der Waals surface area (Å²) in [7, 11) is 0. The van der Waals surface area contributed by atoms with Gasteiger partial charge < -0.3 is 14.2 Å². The SMILES string of the molecule is C=COCC1CCC(COCC2CCC3CC2O3)CC1. The van der Waals surface area contributed by atoms with Crippen LogP contribution in [0, 0.1) is 17.8 Å². The van der Waals surface area contributed by atoms with Crippen LogP contribution < -0.4 is 0 Å². The Hall–Kier alpha value is -0.540. The van der Waals surface area contributed by atoms with E-state index in [4.69, 9.17) is 14.2 Å². The fourth-order valence-electron chi connectivity index (χ4n) is 3.92. The van der Waals surface area contributed by atoms with Gasteiger partial charge in [0.05, 0.1) is 31.7 Å². The summed E-state index contributed by atoms with van der Waals surface area (Å²) in [5, 5.41) is 0. The van der Waals surface area contributed by atoms with E-state index in [2.05, 4.69) is 6.58 Å². The van der Waals surface area contributed by atoms with E-state index < -0.39 is 0 Å². The first-order valence-corrected chi connectivity index (χ1v) is 8.31. The Balaban J connectivity index is 1.27. The molecule has 4 aliphatic rings. The first-order chi connectivity index (χ1) is 9.85. The highest BCUT2D eigenvalue weighted by Gasteiger charge is 2.41. The van der Waals surface area contributed by atoms with Crippen LogP contribution in [-0.4, -0.2) is 32.0 Å². The van der Waals surface area contributed by atoms with Crippen LogP contribution in [-0.2, 0) is 14.2 Å². The van der Waals surface area contributed by atoms with Crippen molar-refractivity contribution in [3.05, 3.63) is 12.8 Å². The Morgan fingerprint density at radius 2 is 1.65 bits per heavy atom. The van der Waals surface area contributed by atoms with Crippen LogP contribution in [0.2, 0.25) is 0 Å². The second-order valence-corrected chi connectivity index (χ2v) is 6.79. The highest BCUT2D eigenvalue weighted by molar-refractivity contribution is 4.89. The van der Waals surface area contributed by atoms with Crippen molar-refractivity contribution in [1.29, 1.82) is 0 Å². The van der Waals surface area contributed by atoms with E-state index in [9.17, 15) is 0 Å². The molecule has 0 aromatic heterocycles. The first kappa shape index (κ1) is 14.4. The zero-order valence-corrected chi connectivity index (χ0v) is 12.5. The average molecular weight is 280 g/mol. The molecule has 2 aliphatic heterocycles. The van der Waals surface area contributed by atoms with Gasteiger partial charge >= 0.3 is 0 Å². The quantitative estimate of drug-likeness (QED) is 0.668. The second kappa shape index (κ2) is 6.95. The van der Waals surface area contributed by atoms with Gasteiger partial charge in [-0.3, -0.25) is 0 Å². The van der Waals surface area contributed by atoms with Gasteiger partial charge in [-0.2, -0.15) is 0 Å². The Labute approximate surface area is 122 Å². The molecule has 0 aromatic carbocycles. The molecular formula is C17H28O3. The summed E-state index contributed by atoms with van der Waals surface area (Å²) in [6, 6.07) is 0. The van der Waals surface area contributed by atoms with Crippen LogP contribution >= 0.6 is 0 Å². The topological polar surface area (TPSA) is 27.7 Å². The maximum atomic E-state index is 6.00. The lowest BCUT2D eigenvalue weighted by atomic mass is 9.80. The van der Waals surface area contributed by atoms with Crippen molar-refractivity contribution in [3.63, 3.8) is 0 Å². The molecule has 3 heteroatoms. The molecule has 0 N–H and O–H groups in total.